The summed E-state index contributed by atoms with van der Waals surface area (Å²) in [4.78, 5) is 17.9. The highest BCUT2D eigenvalue weighted by Crippen LogP contribution is 2.31. The van der Waals surface area contributed by atoms with Gasteiger partial charge in [-0.25, -0.2) is 4.98 Å². The maximum Gasteiger partial charge on any atom is 0.257 e. The number of aromatic nitrogens is 1. The summed E-state index contributed by atoms with van der Waals surface area (Å²) in [6, 6.07) is 5.32. The largest absolute Gasteiger partial charge is 0.317 e. The summed E-state index contributed by atoms with van der Waals surface area (Å²) in [5, 5.41) is 7.44. The summed E-state index contributed by atoms with van der Waals surface area (Å²) in [5.41, 5.74) is 1.52. The number of hydrogen-bond donors (Lipinski definition) is 2. The van der Waals surface area contributed by atoms with Crippen molar-refractivity contribution >= 4 is 34.0 Å². The van der Waals surface area contributed by atoms with Gasteiger partial charge in [0.1, 0.15) is 0 Å². The highest BCUT2D eigenvalue weighted by atomic mass is 35.5. The number of aryl methyl sites for hydroxylation is 1. The lowest BCUT2D eigenvalue weighted by Gasteiger charge is -2.20. The van der Waals surface area contributed by atoms with E-state index in [1.807, 2.05) is 25.3 Å². The molecule has 2 heterocycles. The van der Waals surface area contributed by atoms with Gasteiger partial charge in [0.05, 0.1) is 0 Å². The Kier molecular flexibility index (Phi) is 4.76. The molecule has 3 rings (SSSR count). The molecule has 1 saturated heterocycles. The molecule has 0 atom stereocenters. The molecule has 0 saturated carbocycles. The fourth-order valence-electron chi connectivity index (χ4n) is 2.68. The number of benzene rings is 1. The molecule has 1 aromatic carbocycles. The minimum Gasteiger partial charge on any atom is -0.317 e. The van der Waals surface area contributed by atoms with Gasteiger partial charge in [-0.2, -0.15) is 0 Å². The molecule has 0 bridgehead atoms. The van der Waals surface area contributed by atoms with Gasteiger partial charge >= 0.3 is 0 Å². The van der Waals surface area contributed by atoms with Gasteiger partial charge in [0.25, 0.3) is 5.91 Å². The first-order valence-electron chi connectivity index (χ1n) is 7.37. The van der Waals surface area contributed by atoms with Crippen LogP contribution in [0.1, 0.15) is 39.6 Å². The number of anilines is 1. The maximum atomic E-state index is 12.3. The number of nitrogens with one attached hydrogen (secondary N) is 2. The molecule has 1 aliphatic heterocycles. The van der Waals surface area contributed by atoms with Crippen LogP contribution in [0, 0.1) is 6.92 Å². The van der Waals surface area contributed by atoms with Crippen molar-refractivity contribution in [1.29, 1.82) is 0 Å². The van der Waals surface area contributed by atoms with E-state index < -0.39 is 0 Å². The molecule has 0 radical (unpaired) electrons. The molecular weight excluding hydrogens is 318 g/mol. The standard InChI is InChI=1S/C16H18ClN3OS/c1-10-6-12(8-13(17)7-10)15(21)20-16-19-9-14(22-16)11-2-4-18-5-3-11/h6-9,11,18H,2-5H2,1H3,(H,19,20,21). The van der Waals surface area contributed by atoms with Crippen molar-refractivity contribution in [3.8, 4) is 0 Å². The average molecular weight is 336 g/mol. The first kappa shape index (κ1) is 15.5. The summed E-state index contributed by atoms with van der Waals surface area (Å²) in [6.45, 7) is 4.01. The number of rotatable bonds is 3. The Morgan fingerprint density at radius 2 is 2.14 bits per heavy atom. The number of carbonyl (C=O) groups excluding carboxylic acids is 1. The van der Waals surface area contributed by atoms with Crippen LogP contribution in [0.4, 0.5) is 5.13 Å². The molecule has 0 spiro atoms. The number of hydrogen-bond acceptors (Lipinski definition) is 4. The van der Waals surface area contributed by atoms with Crippen molar-refractivity contribution in [3.05, 3.63) is 45.4 Å². The lowest BCUT2D eigenvalue weighted by Crippen LogP contribution is -2.26. The third kappa shape index (κ3) is 3.66. The second-order valence-electron chi connectivity index (χ2n) is 5.56. The second-order valence-corrected chi connectivity index (χ2v) is 7.06. The molecule has 0 aliphatic carbocycles. The number of thiazole rings is 1. The van der Waals surface area contributed by atoms with Crippen LogP contribution in [0.15, 0.2) is 24.4 Å². The number of halogens is 1. The van der Waals surface area contributed by atoms with Crippen LogP contribution in [-0.2, 0) is 0 Å². The van der Waals surface area contributed by atoms with Crippen molar-refractivity contribution in [3.63, 3.8) is 0 Å². The number of amides is 1. The lowest BCUT2D eigenvalue weighted by molar-refractivity contribution is 0.102. The van der Waals surface area contributed by atoms with Gasteiger partial charge in [-0.05, 0) is 62.5 Å². The van der Waals surface area contributed by atoms with E-state index in [0.29, 0.717) is 21.6 Å². The Labute approximate surface area is 138 Å². The van der Waals surface area contributed by atoms with Crippen molar-refractivity contribution in [2.45, 2.75) is 25.7 Å². The fraction of sp³-hybridized carbons (Fsp3) is 0.375. The normalized spacial score (nSPS) is 15.7. The van der Waals surface area contributed by atoms with Crippen LogP contribution >= 0.6 is 22.9 Å². The summed E-state index contributed by atoms with van der Waals surface area (Å²) in [5.74, 6) is 0.384. The minimum absolute atomic E-state index is 0.170. The van der Waals surface area contributed by atoms with E-state index in [1.165, 1.54) is 4.88 Å². The maximum absolute atomic E-state index is 12.3. The Balaban J connectivity index is 1.70. The van der Waals surface area contributed by atoms with Crippen molar-refractivity contribution in [2.75, 3.05) is 18.4 Å². The summed E-state index contributed by atoms with van der Waals surface area (Å²) >= 11 is 7.57. The van der Waals surface area contributed by atoms with Gasteiger partial charge in [-0.1, -0.05) is 11.6 Å². The highest BCUT2D eigenvalue weighted by Gasteiger charge is 2.18. The van der Waals surface area contributed by atoms with E-state index in [-0.39, 0.29) is 5.91 Å². The van der Waals surface area contributed by atoms with Crippen LogP contribution < -0.4 is 10.6 Å². The Bertz CT molecular complexity index is 660. The molecule has 1 fully saturated rings. The molecule has 116 valence electrons. The third-order valence-corrected chi connectivity index (χ3v) is 5.08. The van der Waals surface area contributed by atoms with E-state index in [1.54, 1.807) is 17.4 Å². The van der Waals surface area contributed by atoms with E-state index in [0.717, 1.165) is 31.5 Å². The van der Waals surface area contributed by atoms with Gasteiger partial charge in [-0.3, -0.25) is 10.1 Å². The number of carbonyl (C=O) groups is 1. The number of piperidine rings is 1. The van der Waals surface area contributed by atoms with Crippen LogP contribution in [0.3, 0.4) is 0 Å². The monoisotopic (exact) mass is 335 g/mol. The quantitative estimate of drug-likeness (QED) is 0.896. The molecule has 1 aliphatic rings. The molecule has 22 heavy (non-hydrogen) atoms. The lowest BCUT2D eigenvalue weighted by atomic mass is 9.97. The van der Waals surface area contributed by atoms with Gasteiger partial charge in [-0.15, -0.1) is 11.3 Å². The summed E-state index contributed by atoms with van der Waals surface area (Å²) < 4.78 is 0. The first-order chi connectivity index (χ1) is 10.6. The van der Waals surface area contributed by atoms with E-state index in [4.69, 9.17) is 11.6 Å². The zero-order chi connectivity index (χ0) is 15.5. The number of nitrogens with zero attached hydrogens (tertiary/aromatic N) is 1. The zero-order valence-electron chi connectivity index (χ0n) is 12.4. The Hall–Kier alpha value is -1.43. The third-order valence-electron chi connectivity index (χ3n) is 3.79. The summed E-state index contributed by atoms with van der Waals surface area (Å²) in [6.07, 6.45) is 4.14. The second kappa shape index (κ2) is 6.77. The fourth-order valence-corrected chi connectivity index (χ4v) is 3.95. The molecule has 2 aromatic rings. The van der Waals surface area contributed by atoms with E-state index in [9.17, 15) is 4.79 Å². The first-order valence-corrected chi connectivity index (χ1v) is 8.56. The van der Waals surface area contributed by atoms with Crippen molar-refractivity contribution in [1.82, 2.24) is 10.3 Å². The molecule has 6 heteroatoms. The predicted molar refractivity (Wildman–Crippen MR) is 91.1 cm³/mol. The molecule has 2 N–H and O–H groups in total. The smallest absolute Gasteiger partial charge is 0.257 e. The summed E-state index contributed by atoms with van der Waals surface area (Å²) in [7, 11) is 0. The SMILES string of the molecule is Cc1cc(Cl)cc(C(=O)Nc2ncc(C3CCNCC3)s2)c1. The van der Waals surface area contributed by atoms with Gasteiger partial charge in [0.15, 0.2) is 5.13 Å². The van der Waals surface area contributed by atoms with Crippen LogP contribution in [0.2, 0.25) is 5.02 Å². The van der Waals surface area contributed by atoms with Crippen molar-refractivity contribution < 1.29 is 4.79 Å². The zero-order valence-corrected chi connectivity index (χ0v) is 13.9. The molecule has 0 unspecified atom stereocenters. The van der Waals surface area contributed by atoms with E-state index in [2.05, 4.69) is 15.6 Å². The highest BCUT2D eigenvalue weighted by molar-refractivity contribution is 7.15. The van der Waals surface area contributed by atoms with E-state index >= 15 is 0 Å². The molecule has 4 nitrogen and oxygen atoms in total. The van der Waals surface area contributed by atoms with Gasteiger partial charge in [0.2, 0.25) is 0 Å². The predicted octanol–water partition coefficient (Wildman–Crippen LogP) is 3.82. The van der Waals surface area contributed by atoms with Gasteiger partial charge in [0, 0.05) is 21.7 Å². The van der Waals surface area contributed by atoms with Crippen LogP contribution in [0.5, 0.6) is 0 Å². The molecule has 1 amide bonds. The van der Waals surface area contributed by atoms with Crippen molar-refractivity contribution in [2.24, 2.45) is 0 Å². The topological polar surface area (TPSA) is 54.0 Å². The molecule has 1 aromatic heterocycles. The average Bonchev–Trinajstić information content (AvgIpc) is 2.95. The van der Waals surface area contributed by atoms with Crippen LogP contribution in [0.25, 0.3) is 0 Å². The minimum atomic E-state index is -0.170. The Morgan fingerprint density at radius 3 is 2.86 bits per heavy atom. The van der Waals surface area contributed by atoms with Crippen LogP contribution in [-0.4, -0.2) is 24.0 Å². The van der Waals surface area contributed by atoms with Gasteiger partial charge < -0.3 is 5.32 Å². The Morgan fingerprint density at radius 1 is 1.36 bits per heavy atom. The molecular formula is C16H18ClN3OS.